The lowest BCUT2D eigenvalue weighted by Gasteiger charge is -2.27. The van der Waals surface area contributed by atoms with Gasteiger partial charge >= 0.3 is 6.09 Å². The molecule has 8 heteroatoms. The van der Waals surface area contributed by atoms with Crippen molar-refractivity contribution in [2.24, 2.45) is 0 Å². The predicted molar refractivity (Wildman–Crippen MR) is 79.9 cm³/mol. The maximum absolute atomic E-state index is 13.3. The number of carbonyl (C=O) groups is 1. The summed E-state index contributed by atoms with van der Waals surface area (Å²) in [6.45, 7) is 0. The minimum Gasteiger partial charge on any atom is -0.435 e. The third-order valence-corrected chi connectivity index (χ3v) is 3.46. The van der Waals surface area contributed by atoms with Crippen molar-refractivity contribution in [1.29, 1.82) is 5.41 Å². The zero-order chi connectivity index (χ0) is 16.6. The van der Waals surface area contributed by atoms with E-state index in [-0.39, 0.29) is 22.7 Å². The van der Waals surface area contributed by atoms with Gasteiger partial charge in [0.15, 0.2) is 6.10 Å². The van der Waals surface area contributed by atoms with Crippen molar-refractivity contribution in [2.75, 3.05) is 11.1 Å². The molecule has 0 radical (unpaired) electrons. The highest BCUT2D eigenvalue weighted by molar-refractivity contribution is 6.15. The Hall–Kier alpha value is -3.03. The number of halogens is 2. The molecule has 118 valence electrons. The summed E-state index contributed by atoms with van der Waals surface area (Å²) in [4.78, 5) is 15.3. The van der Waals surface area contributed by atoms with Gasteiger partial charge in [-0.2, -0.15) is 0 Å². The molecule has 0 bridgehead atoms. The molecule has 1 atom stereocenters. The molecule has 0 fully saturated rings. The highest BCUT2D eigenvalue weighted by Crippen LogP contribution is 2.37. The summed E-state index contributed by atoms with van der Waals surface area (Å²) in [6.07, 6.45) is -4.40. The number of carbonyl (C=O) groups excluding carboxylic acids is 1. The van der Waals surface area contributed by atoms with Crippen molar-refractivity contribution in [3.63, 3.8) is 0 Å². The van der Waals surface area contributed by atoms with Gasteiger partial charge in [-0.15, -0.1) is 0 Å². The van der Waals surface area contributed by atoms with Crippen LogP contribution >= 0.6 is 0 Å². The fraction of sp³-hybridized carbons (Fsp3) is 0.133. The third-order valence-electron chi connectivity index (χ3n) is 3.46. The van der Waals surface area contributed by atoms with Gasteiger partial charge in [0, 0.05) is 23.0 Å². The van der Waals surface area contributed by atoms with Gasteiger partial charge in [0.25, 0.3) is 6.43 Å². The number of nitrogens with one attached hydrogen (secondary N) is 2. The molecular weight excluding hydrogens is 306 g/mol. The van der Waals surface area contributed by atoms with E-state index < -0.39 is 18.6 Å². The lowest BCUT2D eigenvalue weighted by molar-refractivity contribution is -0.0172. The number of alkyl halides is 2. The van der Waals surface area contributed by atoms with E-state index >= 15 is 0 Å². The van der Waals surface area contributed by atoms with Crippen LogP contribution in [0.2, 0.25) is 0 Å². The Morgan fingerprint density at radius 2 is 2.04 bits per heavy atom. The number of para-hydroxylation sites is 1. The smallest absolute Gasteiger partial charge is 0.413 e. The van der Waals surface area contributed by atoms with Gasteiger partial charge in [0.2, 0.25) is 0 Å². The van der Waals surface area contributed by atoms with Gasteiger partial charge in [0.1, 0.15) is 5.82 Å². The van der Waals surface area contributed by atoms with Gasteiger partial charge in [-0.05, 0) is 12.1 Å². The largest absolute Gasteiger partial charge is 0.435 e. The Morgan fingerprint density at radius 3 is 2.74 bits per heavy atom. The number of amides is 1. The molecule has 3 rings (SSSR count). The SMILES string of the molecule is N=C(c1ccccc1N)c1ccnc2c1C(C(F)F)OC(=O)N2. The number of ether oxygens (including phenoxy) is 1. The second-order valence-electron chi connectivity index (χ2n) is 4.87. The highest BCUT2D eigenvalue weighted by atomic mass is 19.3. The number of anilines is 2. The molecule has 23 heavy (non-hydrogen) atoms. The number of nitrogens with two attached hydrogens (primary N) is 1. The van der Waals surface area contributed by atoms with Crippen LogP contribution in [0.4, 0.5) is 25.1 Å². The second-order valence-corrected chi connectivity index (χ2v) is 4.87. The average Bonchev–Trinajstić information content (AvgIpc) is 2.53. The number of nitrogen functional groups attached to an aromatic ring is 1. The summed E-state index contributed by atoms with van der Waals surface area (Å²) in [6, 6.07) is 8.05. The van der Waals surface area contributed by atoms with Gasteiger partial charge in [0.05, 0.1) is 11.3 Å². The van der Waals surface area contributed by atoms with Gasteiger partial charge in [-0.25, -0.2) is 18.6 Å². The minimum absolute atomic E-state index is 0.0321. The molecule has 0 saturated carbocycles. The molecule has 1 aliphatic rings. The third kappa shape index (κ3) is 2.59. The molecule has 2 aromatic rings. The van der Waals surface area contributed by atoms with Gasteiger partial charge in [-0.1, -0.05) is 18.2 Å². The number of cyclic esters (lactones) is 1. The van der Waals surface area contributed by atoms with E-state index in [9.17, 15) is 13.6 Å². The Morgan fingerprint density at radius 1 is 1.30 bits per heavy atom. The molecule has 1 amide bonds. The predicted octanol–water partition coefficient (Wildman–Crippen LogP) is 2.95. The lowest BCUT2D eigenvalue weighted by atomic mass is 9.94. The molecule has 0 aliphatic carbocycles. The fourth-order valence-electron chi connectivity index (χ4n) is 2.43. The van der Waals surface area contributed by atoms with Crippen LogP contribution < -0.4 is 11.1 Å². The average molecular weight is 318 g/mol. The lowest BCUT2D eigenvalue weighted by Crippen LogP contribution is -2.31. The van der Waals surface area contributed by atoms with Crippen LogP contribution in [0.1, 0.15) is 22.8 Å². The first-order valence-electron chi connectivity index (χ1n) is 6.67. The molecular formula is C15H12F2N4O2. The molecule has 4 N–H and O–H groups in total. The molecule has 0 spiro atoms. The monoisotopic (exact) mass is 318 g/mol. The number of nitrogens with zero attached hydrogens (tertiary/aromatic N) is 1. The van der Waals surface area contributed by atoms with Crippen LogP contribution in [-0.4, -0.2) is 23.2 Å². The molecule has 0 saturated heterocycles. The summed E-state index contributed by atoms with van der Waals surface area (Å²) in [7, 11) is 0. The standard InChI is InChI=1S/C15H12F2N4O2/c16-13(17)12-10-8(5-6-20-14(10)21-15(22)23-12)11(19)7-3-1-2-4-9(7)18/h1-6,12-13,19H,18H2,(H,20,21,22). The number of aromatic nitrogens is 1. The normalized spacial score (nSPS) is 16.5. The molecule has 1 unspecified atom stereocenters. The minimum atomic E-state index is -2.94. The summed E-state index contributed by atoms with van der Waals surface area (Å²) in [5, 5.41) is 10.6. The van der Waals surface area contributed by atoms with Crippen molar-refractivity contribution in [3.8, 4) is 0 Å². The van der Waals surface area contributed by atoms with Crippen LogP contribution in [0.15, 0.2) is 36.5 Å². The van der Waals surface area contributed by atoms with Crippen LogP contribution in [0.25, 0.3) is 0 Å². The number of pyridine rings is 1. The maximum atomic E-state index is 13.3. The quantitative estimate of drug-likeness (QED) is 0.598. The first kappa shape index (κ1) is 14.9. The maximum Gasteiger partial charge on any atom is 0.413 e. The van der Waals surface area contributed by atoms with E-state index in [1.807, 2.05) is 0 Å². The van der Waals surface area contributed by atoms with E-state index in [4.69, 9.17) is 11.1 Å². The van der Waals surface area contributed by atoms with Crippen molar-refractivity contribution in [1.82, 2.24) is 4.98 Å². The van der Waals surface area contributed by atoms with Gasteiger partial charge in [-0.3, -0.25) is 10.7 Å². The summed E-state index contributed by atoms with van der Waals surface area (Å²) in [5.41, 5.74) is 6.68. The number of rotatable bonds is 3. The Balaban J connectivity index is 2.15. The Kier molecular flexibility index (Phi) is 3.65. The van der Waals surface area contributed by atoms with E-state index in [0.29, 0.717) is 11.3 Å². The van der Waals surface area contributed by atoms with Crippen LogP contribution in [0, 0.1) is 5.41 Å². The van der Waals surface area contributed by atoms with Crippen LogP contribution in [-0.2, 0) is 4.74 Å². The summed E-state index contributed by atoms with van der Waals surface area (Å²) < 4.78 is 31.2. The number of fused-ring (bicyclic) bond motifs is 1. The van der Waals surface area contributed by atoms with Gasteiger partial charge < -0.3 is 10.5 Å². The summed E-state index contributed by atoms with van der Waals surface area (Å²) in [5.74, 6) is -0.0386. The van der Waals surface area contributed by atoms with E-state index in [0.717, 1.165) is 0 Å². The van der Waals surface area contributed by atoms with Crippen LogP contribution in [0.5, 0.6) is 0 Å². The molecule has 2 heterocycles. The van der Waals surface area contributed by atoms with Crippen LogP contribution in [0.3, 0.4) is 0 Å². The Labute approximate surface area is 129 Å². The summed E-state index contributed by atoms with van der Waals surface area (Å²) >= 11 is 0. The first-order valence-corrected chi connectivity index (χ1v) is 6.67. The zero-order valence-corrected chi connectivity index (χ0v) is 11.7. The Bertz CT molecular complexity index is 795. The van der Waals surface area contributed by atoms with Crippen molar-refractivity contribution < 1.29 is 18.3 Å². The van der Waals surface area contributed by atoms with E-state index in [2.05, 4.69) is 15.0 Å². The van der Waals surface area contributed by atoms with E-state index in [1.165, 1.54) is 12.3 Å². The zero-order valence-electron chi connectivity index (χ0n) is 11.7. The number of hydrogen-bond donors (Lipinski definition) is 3. The fourth-order valence-corrected chi connectivity index (χ4v) is 2.43. The topological polar surface area (TPSA) is 101 Å². The van der Waals surface area contributed by atoms with E-state index in [1.54, 1.807) is 24.3 Å². The second kappa shape index (κ2) is 5.64. The van der Waals surface area contributed by atoms with Crippen molar-refractivity contribution in [2.45, 2.75) is 12.5 Å². The number of benzene rings is 1. The number of hydrogen-bond acceptors (Lipinski definition) is 5. The molecule has 1 aromatic carbocycles. The molecule has 6 nitrogen and oxygen atoms in total. The highest BCUT2D eigenvalue weighted by Gasteiger charge is 2.37. The van der Waals surface area contributed by atoms with Crippen molar-refractivity contribution >= 4 is 23.3 Å². The first-order chi connectivity index (χ1) is 11.0. The molecule has 1 aliphatic heterocycles. The van der Waals surface area contributed by atoms with Crippen molar-refractivity contribution in [3.05, 3.63) is 53.2 Å². The molecule has 1 aromatic heterocycles.